The van der Waals surface area contributed by atoms with Crippen LogP contribution in [0.1, 0.15) is 55.7 Å². The summed E-state index contributed by atoms with van der Waals surface area (Å²) in [7, 11) is 1.67. The maximum Gasteiger partial charge on any atom is 0.264 e. The van der Waals surface area contributed by atoms with Crippen molar-refractivity contribution in [3.8, 4) is 0 Å². The number of amidine groups is 1. The number of anilines is 1. The van der Waals surface area contributed by atoms with Gasteiger partial charge in [-0.1, -0.05) is 0 Å². The molecule has 0 unspecified atom stereocenters. The molecule has 1 fully saturated rings. The van der Waals surface area contributed by atoms with Gasteiger partial charge < -0.3 is 30.7 Å². The van der Waals surface area contributed by atoms with Crippen LogP contribution in [-0.4, -0.2) is 86.0 Å². The van der Waals surface area contributed by atoms with Gasteiger partial charge in [0, 0.05) is 106 Å². The second-order valence-corrected chi connectivity index (χ2v) is 11.0. The molecule has 4 rings (SSSR count). The Balaban J connectivity index is 1.68. The number of hydrogen-bond acceptors (Lipinski definition) is 6. The van der Waals surface area contributed by atoms with E-state index in [0.717, 1.165) is 61.9 Å². The van der Waals surface area contributed by atoms with Crippen LogP contribution in [0.4, 0.5) is 14.5 Å². The number of likely N-dealkylation sites (tertiary alicyclic amines) is 1. The van der Waals surface area contributed by atoms with Gasteiger partial charge in [-0.15, -0.1) is 11.6 Å². The summed E-state index contributed by atoms with van der Waals surface area (Å²) in [4.78, 5) is 18.2. The molecule has 0 atom stereocenters. The highest BCUT2D eigenvalue weighted by molar-refractivity contribution is 6.18. The third-order valence-electron chi connectivity index (χ3n) is 8.08. The molecule has 218 valence electrons. The Morgan fingerprint density at radius 1 is 1.20 bits per heavy atom. The Bertz CT molecular complexity index is 1180. The minimum Gasteiger partial charge on any atom is -0.393 e. The lowest BCUT2D eigenvalue weighted by Gasteiger charge is -2.39. The Labute approximate surface area is 240 Å². The number of carbonyl (C=O) groups is 1. The van der Waals surface area contributed by atoms with Crippen molar-refractivity contribution in [2.45, 2.75) is 51.5 Å². The fourth-order valence-corrected chi connectivity index (χ4v) is 6.14. The lowest BCUT2D eigenvalue weighted by atomic mass is 9.91. The van der Waals surface area contributed by atoms with Gasteiger partial charge in [0.05, 0.1) is 6.54 Å². The molecule has 4 N–H and O–H groups in total. The number of hydrogen-bond donors (Lipinski definition) is 4. The number of halogens is 3. The lowest BCUT2D eigenvalue weighted by Crippen LogP contribution is -2.48. The van der Waals surface area contributed by atoms with Gasteiger partial charge in [0.2, 0.25) is 5.91 Å². The first-order valence-electron chi connectivity index (χ1n) is 14.0. The number of carbonyl (C=O) groups excluding carboxylic acids is 1. The van der Waals surface area contributed by atoms with Gasteiger partial charge in [-0.3, -0.25) is 10.2 Å². The summed E-state index contributed by atoms with van der Waals surface area (Å²) in [6, 6.07) is 3.51. The predicted octanol–water partition coefficient (Wildman–Crippen LogP) is 4.36. The normalized spacial score (nSPS) is 19.1. The number of piperidine rings is 1. The molecule has 8 nitrogen and oxygen atoms in total. The van der Waals surface area contributed by atoms with Gasteiger partial charge in [-0.25, -0.2) is 8.78 Å². The van der Waals surface area contributed by atoms with E-state index in [1.165, 1.54) is 6.07 Å². The smallest absolute Gasteiger partial charge is 0.264 e. The molecule has 0 radical (unpaired) electrons. The quantitative estimate of drug-likeness (QED) is 0.199. The SMILES string of the molecule is CN/C=C(\C=N)c1cc2c(cc1C(F)F)N(C(=N)C1=C(NC3CCN(CCCl)CC3)CCN(C(C)=O)C1)CCC2. The zero-order valence-corrected chi connectivity index (χ0v) is 24.1. The number of rotatable bonds is 9. The van der Waals surface area contributed by atoms with E-state index in [0.29, 0.717) is 55.2 Å². The van der Waals surface area contributed by atoms with Gasteiger partial charge >= 0.3 is 0 Å². The summed E-state index contributed by atoms with van der Waals surface area (Å²) < 4.78 is 28.6. The van der Waals surface area contributed by atoms with Crippen LogP contribution in [0.2, 0.25) is 0 Å². The highest BCUT2D eigenvalue weighted by atomic mass is 35.5. The van der Waals surface area contributed by atoms with E-state index in [9.17, 15) is 19.0 Å². The van der Waals surface area contributed by atoms with E-state index < -0.39 is 6.43 Å². The van der Waals surface area contributed by atoms with E-state index in [1.54, 1.807) is 31.1 Å². The highest BCUT2D eigenvalue weighted by Crippen LogP contribution is 2.38. The fourth-order valence-electron chi connectivity index (χ4n) is 5.90. The summed E-state index contributed by atoms with van der Waals surface area (Å²) >= 11 is 5.92. The summed E-state index contributed by atoms with van der Waals surface area (Å²) in [6.07, 6.45) is 3.93. The molecule has 1 saturated heterocycles. The largest absolute Gasteiger partial charge is 0.393 e. The van der Waals surface area contributed by atoms with Gasteiger partial charge in [0.25, 0.3) is 6.43 Å². The van der Waals surface area contributed by atoms with Gasteiger partial charge in [0.15, 0.2) is 0 Å². The number of benzene rings is 1. The average Bonchev–Trinajstić information content (AvgIpc) is 2.95. The number of allylic oxidation sites excluding steroid dienone is 1. The molecule has 0 spiro atoms. The van der Waals surface area contributed by atoms with Crippen molar-refractivity contribution in [1.29, 1.82) is 10.8 Å². The average molecular weight is 576 g/mol. The van der Waals surface area contributed by atoms with Crippen LogP contribution >= 0.6 is 11.6 Å². The number of amides is 1. The first-order chi connectivity index (χ1) is 19.3. The molecular formula is C29H40ClF2N7O. The number of alkyl halides is 3. The van der Waals surface area contributed by atoms with Crippen LogP contribution in [0, 0.1) is 10.8 Å². The fraction of sp³-hybridized carbons (Fsp3) is 0.552. The van der Waals surface area contributed by atoms with E-state index in [-0.39, 0.29) is 23.3 Å². The molecule has 0 bridgehead atoms. The number of fused-ring (bicyclic) bond motifs is 1. The van der Waals surface area contributed by atoms with Gasteiger partial charge in [-0.2, -0.15) is 0 Å². The number of nitrogens with one attached hydrogen (secondary N) is 4. The predicted molar refractivity (Wildman–Crippen MR) is 158 cm³/mol. The molecule has 1 amide bonds. The van der Waals surface area contributed by atoms with E-state index >= 15 is 0 Å². The van der Waals surface area contributed by atoms with Crippen molar-refractivity contribution in [3.05, 3.63) is 46.3 Å². The number of nitrogens with zero attached hydrogens (tertiary/aromatic N) is 3. The van der Waals surface area contributed by atoms with Crippen molar-refractivity contribution in [2.75, 3.05) is 57.1 Å². The molecule has 3 aliphatic heterocycles. The zero-order chi connectivity index (χ0) is 28.8. The Kier molecular flexibility index (Phi) is 10.2. The summed E-state index contributed by atoms with van der Waals surface area (Å²) in [5.41, 5.74) is 3.74. The second-order valence-electron chi connectivity index (χ2n) is 10.6. The molecule has 0 aromatic heterocycles. The topological polar surface area (TPSA) is 98.5 Å². The van der Waals surface area contributed by atoms with Crippen LogP contribution in [0.5, 0.6) is 0 Å². The van der Waals surface area contributed by atoms with Crippen LogP contribution in [0.25, 0.3) is 5.57 Å². The third kappa shape index (κ3) is 6.66. The molecule has 1 aromatic rings. The first kappa shape index (κ1) is 30.0. The summed E-state index contributed by atoms with van der Waals surface area (Å²) in [6.45, 7) is 5.77. The molecule has 1 aromatic carbocycles. The van der Waals surface area contributed by atoms with Crippen molar-refractivity contribution in [2.24, 2.45) is 0 Å². The minimum atomic E-state index is -2.73. The maximum atomic E-state index is 14.3. The monoisotopic (exact) mass is 575 g/mol. The molecule has 0 saturated carbocycles. The van der Waals surface area contributed by atoms with Crippen LogP contribution in [0.15, 0.2) is 29.6 Å². The Morgan fingerprint density at radius 2 is 1.95 bits per heavy atom. The molecule has 3 aliphatic rings. The summed E-state index contributed by atoms with van der Waals surface area (Å²) in [5, 5.41) is 23.6. The van der Waals surface area contributed by atoms with E-state index in [4.69, 9.17) is 17.0 Å². The van der Waals surface area contributed by atoms with Crippen molar-refractivity contribution in [3.63, 3.8) is 0 Å². The Morgan fingerprint density at radius 3 is 2.58 bits per heavy atom. The summed E-state index contributed by atoms with van der Waals surface area (Å²) in [5.74, 6) is 0.823. The van der Waals surface area contributed by atoms with Gasteiger partial charge in [0.1, 0.15) is 5.84 Å². The maximum absolute atomic E-state index is 14.3. The van der Waals surface area contributed by atoms with Crippen molar-refractivity contribution >= 4 is 40.8 Å². The van der Waals surface area contributed by atoms with Crippen molar-refractivity contribution in [1.82, 2.24) is 20.4 Å². The zero-order valence-electron chi connectivity index (χ0n) is 23.3. The van der Waals surface area contributed by atoms with E-state index in [2.05, 4.69) is 15.5 Å². The second kappa shape index (κ2) is 13.6. The molecule has 11 heteroatoms. The molecular weight excluding hydrogens is 536 g/mol. The number of aryl methyl sites for hydroxylation is 1. The minimum absolute atomic E-state index is 0.0436. The van der Waals surface area contributed by atoms with Gasteiger partial charge in [-0.05, 0) is 48.9 Å². The molecule has 0 aliphatic carbocycles. The molecule has 3 heterocycles. The Hall–Kier alpha value is -2.98. The van der Waals surface area contributed by atoms with Crippen LogP contribution in [-0.2, 0) is 11.2 Å². The molecule has 40 heavy (non-hydrogen) atoms. The highest BCUT2D eigenvalue weighted by Gasteiger charge is 2.32. The van der Waals surface area contributed by atoms with Crippen LogP contribution in [0.3, 0.4) is 0 Å². The van der Waals surface area contributed by atoms with E-state index in [1.807, 2.05) is 4.90 Å². The van der Waals surface area contributed by atoms with Crippen LogP contribution < -0.4 is 15.5 Å². The first-order valence-corrected chi connectivity index (χ1v) is 14.5. The standard InChI is InChI=1S/C29H40ClF2N7O/c1-19(40)38-12-7-26(36-22-5-10-37(11-6-22)13-8-30)25(18-38)29(34)39-9-3-4-20-14-23(21(16-33)17-35-2)24(28(31)32)15-27(20)39/h14-17,22,28,33-36H,3-13,18H2,1-2H3/b21-17+,33-16?,34-29?. The lowest BCUT2D eigenvalue weighted by molar-refractivity contribution is -0.128. The van der Waals surface area contributed by atoms with Crippen molar-refractivity contribution < 1.29 is 13.6 Å². The third-order valence-corrected chi connectivity index (χ3v) is 8.25.